The molecule has 0 spiro atoms. The maximum atomic E-state index is 5.74. The Balaban J connectivity index is 2.72. The van der Waals surface area contributed by atoms with Crippen LogP contribution in [-0.2, 0) is 6.42 Å². The second-order valence-corrected chi connectivity index (χ2v) is 5.13. The Kier molecular flexibility index (Phi) is 4.05. The van der Waals surface area contributed by atoms with Crippen molar-refractivity contribution in [3.63, 3.8) is 0 Å². The van der Waals surface area contributed by atoms with Crippen LogP contribution in [0.5, 0.6) is 0 Å². The molecule has 1 aromatic carbocycles. The van der Waals surface area contributed by atoms with Crippen LogP contribution in [0.1, 0.15) is 49.9 Å². The third kappa shape index (κ3) is 2.43. The van der Waals surface area contributed by atoms with Gasteiger partial charge < -0.3 is 5.43 Å². The molecule has 0 bridgehead atoms. The zero-order valence-electron chi connectivity index (χ0n) is 12.2. The Morgan fingerprint density at radius 3 is 2.63 bits per heavy atom. The molecule has 3 nitrogen and oxygen atoms in total. The van der Waals surface area contributed by atoms with E-state index in [1.807, 2.05) is 6.92 Å². The number of nitrogens with one attached hydrogen (secondary N) is 1. The van der Waals surface area contributed by atoms with Gasteiger partial charge in [0, 0.05) is 11.1 Å². The number of nitrogens with two attached hydrogens (primary N) is 1. The maximum Gasteiger partial charge on any atom is 0.0726 e. The van der Waals surface area contributed by atoms with E-state index in [-0.39, 0.29) is 0 Å². The number of aryl methyl sites for hydroxylation is 1. The summed E-state index contributed by atoms with van der Waals surface area (Å²) in [5.74, 6) is 6.30. The Labute approximate surface area is 115 Å². The van der Waals surface area contributed by atoms with E-state index in [2.05, 4.69) is 49.4 Å². The zero-order chi connectivity index (χ0) is 14.0. The van der Waals surface area contributed by atoms with Gasteiger partial charge in [-0.05, 0) is 48.9 Å². The molecule has 0 amide bonds. The van der Waals surface area contributed by atoms with Crippen molar-refractivity contribution < 1.29 is 0 Å². The van der Waals surface area contributed by atoms with Crippen LogP contribution in [0.2, 0.25) is 0 Å². The van der Waals surface area contributed by atoms with E-state index < -0.39 is 0 Å². The van der Waals surface area contributed by atoms with Crippen molar-refractivity contribution in [3.05, 3.63) is 35.0 Å². The SMILES string of the molecule is CCc1c(C)nc2ccc(C(C)CC)cc2c1NN. The average Bonchev–Trinajstić information content (AvgIpc) is 2.44. The molecule has 1 aromatic heterocycles. The van der Waals surface area contributed by atoms with Crippen molar-refractivity contribution in [2.75, 3.05) is 5.43 Å². The van der Waals surface area contributed by atoms with Crippen molar-refractivity contribution in [1.29, 1.82) is 0 Å². The Hall–Kier alpha value is -1.61. The van der Waals surface area contributed by atoms with E-state index in [9.17, 15) is 0 Å². The summed E-state index contributed by atoms with van der Waals surface area (Å²) in [5, 5.41) is 1.13. The fourth-order valence-electron chi connectivity index (χ4n) is 2.58. The summed E-state index contributed by atoms with van der Waals surface area (Å²) in [4.78, 5) is 4.69. The van der Waals surface area contributed by atoms with Crippen LogP contribution >= 0.6 is 0 Å². The number of nitrogen functional groups attached to an aromatic ring is 1. The largest absolute Gasteiger partial charge is 0.323 e. The third-order valence-electron chi connectivity index (χ3n) is 4.00. The minimum absolute atomic E-state index is 0.557. The molecule has 1 atom stereocenters. The first kappa shape index (κ1) is 13.8. The minimum Gasteiger partial charge on any atom is -0.323 e. The van der Waals surface area contributed by atoms with Gasteiger partial charge >= 0.3 is 0 Å². The summed E-state index contributed by atoms with van der Waals surface area (Å²) in [6.07, 6.45) is 2.07. The number of anilines is 1. The van der Waals surface area contributed by atoms with Crippen LogP contribution in [0.15, 0.2) is 18.2 Å². The monoisotopic (exact) mass is 257 g/mol. The van der Waals surface area contributed by atoms with Crippen LogP contribution in [-0.4, -0.2) is 4.98 Å². The predicted molar refractivity (Wildman–Crippen MR) is 82.4 cm³/mol. The molecule has 0 aliphatic heterocycles. The normalized spacial score (nSPS) is 12.7. The molecule has 0 fully saturated rings. The number of aromatic nitrogens is 1. The highest BCUT2D eigenvalue weighted by molar-refractivity contribution is 5.93. The molecular weight excluding hydrogens is 234 g/mol. The lowest BCUT2D eigenvalue weighted by molar-refractivity contribution is 0.734. The van der Waals surface area contributed by atoms with Gasteiger partial charge in [-0.15, -0.1) is 0 Å². The van der Waals surface area contributed by atoms with Gasteiger partial charge in [0.05, 0.1) is 11.2 Å². The number of fused-ring (bicyclic) bond motifs is 1. The van der Waals surface area contributed by atoms with Crippen molar-refractivity contribution >= 4 is 16.6 Å². The van der Waals surface area contributed by atoms with E-state index in [4.69, 9.17) is 5.84 Å². The first-order valence-electron chi connectivity index (χ1n) is 7.02. The number of pyridine rings is 1. The van der Waals surface area contributed by atoms with Crippen LogP contribution in [0, 0.1) is 6.92 Å². The smallest absolute Gasteiger partial charge is 0.0726 e. The highest BCUT2D eigenvalue weighted by atomic mass is 15.2. The highest BCUT2D eigenvalue weighted by Crippen LogP contribution is 2.31. The van der Waals surface area contributed by atoms with Crippen molar-refractivity contribution in [2.24, 2.45) is 5.84 Å². The fourth-order valence-corrected chi connectivity index (χ4v) is 2.58. The van der Waals surface area contributed by atoms with Crippen molar-refractivity contribution in [1.82, 2.24) is 4.98 Å². The minimum atomic E-state index is 0.557. The number of hydrogen-bond acceptors (Lipinski definition) is 3. The Morgan fingerprint density at radius 1 is 1.32 bits per heavy atom. The Bertz CT molecular complexity index is 590. The van der Waals surface area contributed by atoms with Crippen LogP contribution in [0.4, 0.5) is 5.69 Å². The van der Waals surface area contributed by atoms with E-state index in [1.165, 1.54) is 11.1 Å². The summed E-state index contributed by atoms with van der Waals surface area (Å²) in [5.41, 5.74) is 8.51. The van der Waals surface area contributed by atoms with Crippen molar-refractivity contribution in [2.45, 2.75) is 46.5 Å². The lowest BCUT2D eigenvalue weighted by atomic mass is 9.95. The van der Waals surface area contributed by atoms with Gasteiger partial charge in [-0.25, -0.2) is 0 Å². The lowest BCUT2D eigenvalue weighted by Crippen LogP contribution is -2.11. The van der Waals surface area contributed by atoms with Gasteiger partial charge in [-0.2, -0.15) is 0 Å². The molecule has 3 heteroatoms. The number of hydrogen-bond donors (Lipinski definition) is 2. The summed E-state index contributed by atoms with van der Waals surface area (Å²) in [6.45, 7) is 8.64. The summed E-state index contributed by atoms with van der Waals surface area (Å²) >= 11 is 0. The van der Waals surface area contributed by atoms with Gasteiger partial charge in [-0.1, -0.05) is 26.8 Å². The van der Waals surface area contributed by atoms with E-state index >= 15 is 0 Å². The molecule has 1 heterocycles. The Morgan fingerprint density at radius 2 is 2.05 bits per heavy atom. The lowest BCUT2D eigenvalue weighted by Gasteiger charge is -2.16. The van der Waals surface area contributed by atoms with Gasteiger partial charge in [0.1, 0.15) is 0 Å². The molecule has 2 rings (SSSR count). The maximum absolute atomic E-state index is 5.74. The molecule has 0 aliphatic carbocycles. The topological polar surface area (TPSA) is 50.9 Å². The van der Waals surface area contributed by atoms with Crippen LogP contribution in [0.25, 0.3) is 10.9 Å². The quantitative estimate of drug-likeness (QED) is 0.645. The van der Waals surface area contributed by atoms with Crippen molar-refractivity contribution in [3.8, 4) is 0 Å². The van der Waals surface area contributed by atoms with Gasteiger partial charge in [0.2, 0.25) is 0 Å². The summed E-state index contributed by atoms with van der Waals surface area (Å²) in [6, 6.07) is 6.50. The molecule has 3 N–H and O–H groups in total. The third-order valence-corrected chi connectivity index (χ3v) is 4.00. The standard InChI is InChI=1S/C16H23N3/c1-5-10(3)12-7-8-15-14(9-12)16(19-17)13(6-2)11(4)18-15/h7-10H,5-6,17H2,1-4H3,(H,18,19). The first-order chi connectivity index (χ1) is 9.12. The molecule has 0 aliphatic rings. The first-order valence-corrected chi connectivity index (χ1v) is 7.02. The molecule has 102 valence electrons. The van der Waals surface area contributed by atoms with E-state index in [0.717, 1.165) is 35.1 Å². The second-order valence-electron chi connectivity index (χ2n) is 5.13. The average molecular weight is 257 g/mol. The van der Waals surface area contributed by atoms with Crippen LogP contribution < -0.4 is 11.3 Å². The van der Waals surface area contributed by atoms with E-state index in [1.54, 1.807) is 0 Å². The number of benzene rings is 1. The number of rotatable bonds is 4. The predicted octanol–water partition coefficient (Wildman–Crippen LogP) is 3.90. The van der Waals surface area contributed by atoms with Gasteiger partial charge in [0.15, 0.2) is 0 Å². The summed E-state index contributed by atoms with van der Waals surface area (Å²) < 4.78 is 0. The number of nitrogens with zero attached hydrogens (tertiary/aromatic N) is 1. The fraction of sp³-hybridized carbons (Fsp3) is 0.438. The summed E-state index contributed by atoms with van der Waals surface area (Å²) in [7, 11) is 0. The zero-order valence-corrected chi connectivity index (χ0v) is 12.2. The molecule has 19 heavy (non-hydrogen) atoms. The van der Waals surface area contributed by atoms with Crippen LogP contribution in [0.3, 0.4) is 0 Å². The highest BCUT2D eigenvalue weighted by Gasteiger charge is 2.12. The molecule has 1 unspecified atom stereocenters. The second kappa shape index (κ2) is 5.57. The molecular formula is C16H23N3. The number of hydrazine groups is 1. The molecule has 0 saturated heterocycles. The molecule has 0 radical (unpaired) electrons. The van der Waals surface area contributed by atoms with E-state index in [0.29, 0.717) is 5.92 Å². The molecule has 2 aromatic rings. The van der Waals surface area contributed by atoms with Gasteiger partial charge in [-0.3, -0.25) is 10.8 Å². The van der Waals surface area contributed by atoms with Gasteiger partial charge in [0.25, 0.3) is 0 Å². The molecule has 0 saturated carbocycles.